The van der Waals surface area contributed by atoms with Gasteiger partial charge in [-0.25, -0.2) is 4.39 Å². The maximum atomic E-state index is 13.9. The summed E-state index contributed by atoms with van der Waals surface area (Å²) in [7, 11) is 0. The number of nitrogens with zero attached hydrogens (tertiary/aromatic N) is 2. The zero-order chi connectivity index (χ0) is 20.1. The summed E-state index contributed by atoms with van der Waals surface area (Å²) >= 11 is 1.39. The molecule has 0 radical (unpaired) electrons. The van der Waals surface area contributed by atoms with E-state index in [2.05, 4.69) is 4.98 Å². The Kier molecular flexibility index (Phi) is 6.08. The van der Waals surface area contributed by atoms with Crippen LogP contribution in [0.3, 0.4) is 0 Å². The van der Waals surface area contributed by atoms with Crippen LogP contribution in [0.5, 0.6) is 0 Å². The lowest BCUT2D eigenvalue weighted by molar-refractivity contribution is -0.170. The van der Waals surface area contributed by atoms with Gasteiger partial charge in [-0.3, -0.25) is 9.78 Å². The van der Waals surface area contributed by atoms with E-state index < -0.39 is 12.1 Å². The number of carbonyl (C=O) groups excluding carboxylic acids is 1. The van der Waals surface area contributed by atoms with Gasteiger partial charge in [0.2, 0.25) is 0 Å². The first-order valence-corrected chi connectivity index (χ1v) is 9.30. The van der Waals surface area contributed by atoms with Crippen molar-refractivity contribution in [2.45, 2.75) is 19.0 Å². The van der Waals surface area contributed by atoms with Crippen molar-refractivity contribution in [1.82, 2.24) is 4.98 Å². The molecule has 2 heterocycles. The molecule has 2 aromatic heterocycles. The van der Waals surface area contributed by atoms with Crippen LogP contribution in [0.1, 0.15) is 11.3 Å². The third-order valence-corrected chi connectivity index (χ3v) is 5.25. The molecule has 0 unspecified atom stereocenters. The molecule has 0 saturated carbocycles. The second-order valence-electron chi connectivity index (χ2n) is 6.01. The molecule has 0 aliphatic heterocycles. The van der Waals surface area contributed by atoms with Crippen LogP contribution in [0.4, 0.5) is 23.2 Å². The number of carbonyl (C=O) groups is 1. The Morgan fingerprint density at radius 3 is 2.43 bits per heavy atom. The largest absolute Gasteiger partial charge is 0.471 e. The van der Waals surface area contributed by atoms with Crippen LogP contribution in [-0.2, 0) is 11.2 Å². The topological polar surface area (TPSA) is 33.2 Å². The lowest BCUT2D eigenvalue weighted by Gasteiger charge is -2.23. The van der Waals surface area contributed by atoms with Crippen LogP contribution in [0.2, 0.25) is 0 Å². The van der Waals surface area contributed by atoms with Crippen molar-refractivity contribution in [3.63, 3.8) is 0 Å². The average molecular weight is 408 g/mol. The third kappa shape index (κ3) is 4.75. The third-order valence-electron chi connectivity index (χ3n) is 4.07. The molecule has 1 aromatic carbocycles. The zero-order valence-corrected chi connectivity index (χ0v) is 15.4. The smallest absolute Gasteiger partial charge is 0.304 e. The van der Waals surface area contributed by atoms with Crippen molar-refractivity contribution < 1.29 is 22.4 Å². The quantitative estimate of drug-likeness (QED) is 0.506. The van der Waals surface area contributed by atoms with Crippen molar-refractivity contribution in [1.29, 1.82) is 0 Å². The summed E-state index contributed by atoms with van der Waals surface area (Å²) in [6, 6.07) is 12.8. The Bertz CT molecular complexity index is 941. The summed E-state index contributed by atoms with van der Waals surface area (Å²) in [5.41, 5.74) is 0.639. The molecular formula is C20H16F4N2OS. The normalized spacial score (nSPS) is 11.4. The Morgan fingerprint density at radius 1 is 1.04 bits per heavy atom. The van der Waals surface area contributed by atoms with Gasteiger partial charge in [0.15, 0.2) is 0 Å². The molecule has 146 valence electrons. The summed E-state index contributed by atoms with van der Waals surface area (Å²) in [5.74, 6) is -2.23. The van der Waals surface area contributed by atoms with Gasteiger partial charge < -0.3 is 4.90 Å². The Labute approximate surface area is 163 Å². The first-order valence-electron chi connectivity index (χ1n) is 8.48. The standard InChI is InChI=1S/C20H16F4N2OS/c21-17-6-2-1-5-16(17)18-8-7-15(28-18)4-3-13-26(19(27)20(22,23)24)14-9-11-25-12-10-14/h1-2,5-12H,3-4,13H2. The predicted octanol–water partition coefficient (Wildman–Crippen LogP) is 5.48. The summed E-state index contributed by atoms with van der Waals surface area (Å²) < 4.78 is 52.7. The van der Waals surface area contributed by atoms with Crippen molar-refractivity contribution in [2.75, 3.05) is 11.4 Å². The number of hydrogen-bond donors (Lipinski definition) is 0. The van der Waals surface area contributed by atoms with Gasteiger partial charge in [0.25, 0.3) is 0 Å². The van der Waals surface area contributed by atoms with Crippen LogP contribution in [-0.4, -0.2) is 23.6 Å². The number of aryl methyl sites for hydroxylation is 1. The van der Waals surface area contributed by atoms with Gasteiger partial charge in [0.05, 0.1) is 0 Å². The second kappa shape index (κ2) is 8.52. The number of benzene rings is 1. The summed E-state index contributed by atoms with van der Waals surface area (Å²) in [4.78, 5) is 17.9. The minimum atomic E-state index is -4.95. The van der Waals surface area contributed by atoms with E-state index in [9.17, 15) is 22.4 Å². The lowest BCUT2D eigenvalue weighted by atomic mass is 10.2. The zero-order valence-electron chi connectivity index (χ0n) is 14.6. The molecule has 0 saturated heterocycles. The van der Waals surface area contributed by atoms with E-state index in [-0.39, 0.29) is 18.0 Å². The number of pyridine rings is 1. The predicted molar refractivity (Wildman–Crippen MR) is 101 cm³/mol. The molecule has 0 atom stereocenters. The van der Waals surface area contributed by atoms with Gasteiger partial charge in [-0.2, -0.15) is 13.2 Å². The molecule has 3 nitrogen and oxygen atoms in total. The van der Waals surface area contributed by atoms with Gasteiger partial charge >= 0.3 is 12.1 Å². The van der Waals surface area contributed by atoms with E-state index in [0.29, 0.717) is 23.3 Å². The average Bonchev–Trinajstić information content (AvgIpc) is 3.14. The van der Waals surface area contributed by atoms with Crippen molar-refractivity contribution in [3.05, 3.63) is 71.6 Å². The Hall–Kier alpha value is -2.74. The van der Waals surface area contributed by atoms with Crippen LogP contribution < -0.4 is 4.90 Å². The summed E-state index contributed by atoms with van der Waals surface area (Å²) in [6.07, 6.45) is -1.46. The van der Waals surface area contributed by atoms with Crippen molar-refractivity contribution >= 4 is 22.9 Å². The first-order chi connectivity index (χ1) is 13.4. The molecule has 0 spiro atoms. The highest BCUT2D eigenvalue weighted by molar-refractivity contribution is 7.15. The fourth-order valence-corrected chi connectivity index (χ4v) is 3.83. The number of halogens is 4. The monoisotopic (exact) mass is 408 g/mol. The molecular weight excluding hydrogens is 392 g/mol. The maximum Gasteiger partial charge on any atom is 0.471 e. The number of hydrogen-bond acceptors (Lipinski definition) is 3. The minimum Gasteiger partial charge on any atom is -0.304 e. The Morgan fingerprint density at radius 2 is 1.75 bits per heavy atom. The molecule has 8 heteroatoms. The molecule has 3 rings (SSSR count). The molecule has 0 N–H and O–H groups in total. The number of rotatable bonds is 6. The fraction of sp³-hybridized carbons (Fsp3) is 0.200. The number of thiophene rings is 1. The van der Waals surface area contributed by atoms with Crippen LogP contribution in [0.25, 0.3) is 10.4 Å². The van der Waals surface area contributed by atoms with Gasteiger partial charge in [-0.1, -0.05) is 18.2 Å². The van der Waals surface area contributed by atoms with Gasteiger partial charge in [-0.15, -0.1) is 11.3 Å². The Balaban J connectivity index is 1.68. The molecule has 1 amide bonds. The van der Waals surface area contributed by atoms with Gasteiger partial charge in [0, 0.05) is 39.9 Å². The molecule has 0 fully saturated rings. The van der Waals surface area contributed by atoms with E-state index in [1.807, 2.05) is 6.07 Å². The highest BCUT2D eigenvalue weighted by Gasteiger charge is 2.42. The number of anilines is 1. The molecule has 0 aliphatic rings. The fourth-order valence-electron chi connectivity index (χ4n) is 2.75. The highest BCUT2D eigenvalue weighted by Crippen LogP contribution is 2.31. The summed E-state index contributed by atoms with van der Waals surface area (Å²) in [6.45, 7) is -0.0880. The van der Waals surface area contributed by atoms with Gasteiger partial charge in [-0.05, 0) is 43.2 Å². The number of aromatic nitrogens is 1. The van der Waals surface area contributed by atoms with Crippen molar-refractivity contribution in [3.8, 4) is 10.4 Å². The van der Waals surface area contributed by atoms with Gasteiger partial charge in [0.1, 0.15) is 5.82 Å². The van der Waals surface area contributed by atoms with Crippen molar-refractivity contribution in [2.24, 2.45) is 0 Å². The van der Waals surface area contributed by atoms with E-state index in [1.54, 1.807) is 24.3 Å². The molecule has 28 heavy (non-hydrogen) atoms. The molecule has 0 bridgehead atoms. The first kappa shape index (κ1) is 20.0. The highest BCUT2D eigenvalue weighted by atomic mass is 32.1. The maximum absolute atomic E-state index is 13.9. The number of amides is 1. The second-order valence-corrected chi connectivity index (χ2v) is 7.18. The molecule has 0 aliphatic carbocycles. The van der Waals surface area contributed by atoms with Crippen LogP contribution in [0.15, 0.2) is 60.9 Å². The number of alkyl halides is 3. The molecule has 3 aromatic rings. The van der Waals surface area contributed by atoms with E-state index in [4.69, 9.17) is 0 Å². The van der Waals surface area contributed by atoms with E-state index in [1.165, 1.54) is 41.9 Å². The summed E-state index contributed by atoms with van der Waals surface area (Å²) in [5, 5.41) is 0. The SMILES string of the molecule is O=C(N(CCCc1ccc(-c2ccccc2F)s1)c1ccncc1)C(F)(F)F. The minimum absolute atomic E-state index is 0.0880. The van der Waals surface area contributed by atoms with Crippen LogP contribution in [0, 0.1) is 5.82 Å². The van der Waals surface area contributed by atoms with E-state index in [0.717, 1.165) is 9.75 Å². The van der Waals surface area contributed by atoms with Crippen LogP contribution >= 0.6 is 11.3 Å². The van der Waals surface area contributed by atoms with E-state index >= 15 is 0 Å². The lowest BCUT2D eigenvalue weighted by Crippen LogP contribution is -2.42.